The molecule has 4 nitrogen and oxygen atoms in total. The van der Waals surface area contributed by atoms with Crippen molar-refractivity contribution in [1.82, 2.24) is 4.90 Å². The number of carbonyl (C=O) groups is 2. The SMILES string of the molecule is CC1(C(=O)O)CCN(C(=O)C2CC2)CC1. The third kappa shape index (κ3) is 1.98. The van der Waals surface area contributed by atoms with Crippen molar-refractivity contribution in [3.05, 3.63) is 0 Å². The average Bonchev–Trinajstić information content (AvgIpc) is 3.01. The second kappa shape index (κ2) is 3.51. The topological polar surface area (TPSA) is 57.6 Å². The lowest BCUT2D eigenvalue weighted by molar-refractivity contribution is -0.153. The number of piperidine rings is 1. The molecule has 1 aliphatic heterocycles. The number of likely N-dealkylation sites (tertiary alicyclic amines) is 1. The van der Waals surface area contributed by atoms with Gasteiger partial charge in [0.15, 0.2) is 0 Å². The first-order valence-corrected chi connectivity index (χ1v) is 5.55. The first-order valence-electron chi connectivity index (χ1n) is 5.55. The first-order chi connectivity index (χ1) is 7.03. The third-order valence-corrected chi connectivity index (χ3v) is 3.62. The predicted molar refractivity (Wildman–Crippen MR) is 54.3 cm³/mol. The molecule has 1 amide bonds. The predicted octanol–water partition coefficient (Wildman–Crippen LogP) is 1.11. The van der Waals surface area contributed by atoms with Crippen molar-refractivity contribution in [3.63, 3.8) is 0 Å². The summed E-state index contributed by atoms with van der Waals surface area (Å²) in [7, 11) is 0. The fraction of sp³-hybridized carbons (Fsp3) is 0.818. The lowest BCUT2D eigenvalue weighted by Crippen LogP contribution is -2.45. The van der Waals surface area contributed by atoms with Crippen LogP contribution < -0.4 is 0 Å². The standard InChI is InChI=1S/C11H17NO3/c1-11(10(14)15)4-6-12(7-5-11)9(13)8-2-3-8/h8H,2-7H2,1H3,(H,14,15). The maximum atomic E-state index is 11.7. The molecule has 0 radical (unpaired) electrons. The monoisotopic (exact) mass is 211 g/mol. The summed E-state index contributed by atoms with van der Waals surface area (Å²) in [4.78, 5) is 24.6. The summed E-state index contributed by atoms with van der Waals surface area (Å²) in [6, 6.07) is 0. The highest BCUT2D eigenvalue weighted by Gasteiger charge is 2.41. The summed E-state index contributed by atoms with van der Waals surface area (Å²) in [5.74, 6) is -0.248. The van der Waals surface area contributed by atoms with E-state index in [0.717, 1.165) is 12.8 Å². The lowest BCUT2D eigenvalue weighted by atomic mass is 9.80. The molecule has 1 aliphatic carbocycles. The van der Waals surface area contributed by atoms with Gasteiger partial charge in [0, 0.05) is 19.0 Å². The number of hydrogen-bond acceptors (Lipinski definition) is 2. The number of nitrogens with zero attached hydrogens (tertiary/aromatic N) is 1. The van der Waals surface area contributed by atoms with E-state index in [9.17, 15) is 9.59 Å². The molecule has 0 spiro atoms. The molecule has 84 valence electrons. The second-order valence-corrected chi connectivity index (χ2v) is 4.97. The van der Waals surface area contributed by atoms with E-state index in [2.05, 4.69) is 0 Å². The van der Waals surface area contributed by atoms with E-state index in [1.54, 1.807) is 6.92 Å². The molecule has 0 atom stereocenters. The van der Waals surface area contributed by atoms with E-state index in [0.29, 0.717) is 25.9 Å². The van der Waals surface area contributed by atoms with Crippen molar-refractivity contribution in [2.45, 2.75) is 32.6 Å². The molecular weight excluding hydrogens is 194 g/mol. The Morgan fingerprint density at radius 1 is 1.27 bits per heavy atom. The van der Waals surface area contributed by atoms with E-state index in [1.165, 1.54) is 0 Å². The lowest BCUT2D eigenvalue weighted by Gasteiger charge is -2.36. The largest absolute Gasteiger partial charge is 0.481 e. The zero-order valence-electron chi connectivity index (χ0n) is 9.03. The van der Waals surface area contributed by atoms with Crippen LogP contribution in [0, 0.1) is 11.3 Å². The van der Waals surface area contributed by atoms with Gasteiger partial charge in [-0.3, -0.25) is 9.59 Å². The zero-order valence-corrected chi connectivity index (χ0v) is 9.03. The van der Waals surface area contributed by atoms with Crippen LogP contribution in [0.5, 0.6) is 0 Å². The van der Waals surface area contributed by atoms with E-state index in [-0.39, 0.29) is 11.8 Å². The van der Waals surface area contributed by atoms with Crippen molar-refractivity contribution in [2.24, 2.45) is 11.3 Å². The molecule has 0 unspecified atom stereocenters. The summed E-state index contributed by atoms with van der Waals surface area (Å²) in [5.41, 5.74) is -0.625. The third-order valence-electron chi connectivity index (χ3n) is 3.62. The van der Waals surface area contributed by atoms with Gasteiger partial charge >= 0.3 is 5.97 Å². The van der Waals surface area contributed by atoms with Crippen LogP contribution in [0.1, 0.15) is 32.6 Å². The minimum absolute atomic E-state index is 0.238. The van der Waals surface area contributed by atoms with Crippen molar-refractivity contribution < 1.29 is 14.7 Å². The maximum absolute atomic E-state index is 11.7. The molecule has 2 aliphatic rings. The minimum Gasteiger partial charge on any atom is -0.481 e. The molecule has 2 rings (SSSR count). The van der Waals surface area contributed by atoms with Gasteiger partial charge in [-0.05, 0) is 32.6 Å². The van der Waals surface area contributed by atoms with Gasteiger partial charge < -0.3 is 10.0 Å². The normalized spacial score (nSPS) is 25.0. The zero-order chi connectivity index (χ0) is 11.1. The van der Waals surface area contributed by atoms with Gasteiger partial charge in [0.05, 0.1) is 5.41 Å². The molecule has 1 saturated heterocycles. The van der Waals surface area contributed by atoms with Crippen molar-refractivity contribution >= 4 is 11.9 Å². The molecule has 4 heteroatoms. The van der Waals surface area contributed by atoms with Crippen molar-refractivity contribution in [2.75, 3.05) is 13.1 Å². The Kier molecular flexibility index (Phi) is 2.44. The van der Waals surface area contributed by atoms with E-state index in [1.807, 2.05) is 4.90 Å². The van der Waals surface area contributed by atoms with Crippen LogP contribution in [0.2, 0.25) is 0 Å². The fourth-order valence-corrected chi connectivity index (χ4v) is 2.02. The van der Waals surface area contributed by atoms with Gasteiger partial charge in [0.1, 0.15) is 0 Å². The molecular formula is C11H17NO3. The number of amides is 1. The van der Waals surface area contributed by atoms with Gasteiger partial charge in [-0.15, -0.1) is 0 Å². The van der Waals surface area contributed by atoms with Gasteiger partial charge in [0.2, 0.25) is 5.91 Å². The Labute approximate surface area is 89.3 Å². The molecule has 1 heterocycles. The Morgan fingerprint density at radius 3 is 2.20 bits per heavy atom. The van der Waals surface area contributed by atoms with Crippen LogP contribution in [-0.4, -0.2) is 35.0 Å². The van der Waals surface area contributed by atoms with Gasteiger partial charge in [-0.25, -0.2) is 0 Å². The number of carboxylic acids is 1. The number of carbonyl (C=O) groups excluding carboxylic acids is 1. The first kappa shape index (κ1) is 10.5. The second-order valence-electron chi connectivity index (χ2n) is 4.97. The van der Waals surface area contributed by atoms with Crippen LogP contribution in [0.3, 0.4) is 0 Å². The summed E-state index contributed by atoms with van der Waals surface area (Å²) in [5, 5.41) is 9.04. The van der Waals surface area contributed by atoms with Crippen molar-refractivity contribution in [3.8, 4) is 0 Å². The number of hydrogen-bond donors (Lipinski definition) is 1. The Hall–Kier alpha value is -1.06. The van der Waals surface area contributed by atoms with Gasteiger partial charge in [-0.1, -0.05) is 0 Å². The highest BCUT2D eigenvalue weighted by atomic mass is 16.4. The number of rotatable bonds is 2. The summed E-state index contributed by atoms with van der Waals surface area (Å²) in [6.07, 6.45) is 3.21. The fourth-order valence-electron chi connectivity index (χ4n) is 2.02. The molecule has 0 aromatic carbocycles. The highest BCUT2D eigenvalue weighted by molar-refractivity contribution is 5.81. The molecule has 0 bridgehead atoms. The Morgan fingerprint density at radius 2 is 1.80 bits per heavy atom. The summed E-state index contributed by atoms with van der Waals surface area (Å²) >= 11 is 0. The Balaban J connectivity index is 1.91. The number of carboxylic acid groups (broad SMARTS) is 1. The van der Waals surface area contributed by atoms with E-state index >= 15 is 0 Å². The van der Waals surface area contributed by atoms with Crippen LogP contribution in [0.25, 0.3) is 0 Å². The van der Waals surface area contributed by atoms with E-state index in [4.69, 9.17) is 5.11 Å². The molecule has 0 aromatic rings. The van der Waals surface area contributed by atoms with Gasteiger partial charge in [-0.2, -0.15) is 0 Å². The molecule has 1 N–H and O–H groups in total. The smallest absolute Gasteiger partial charge is 0.309 e. The van der Waals surface area contributed by atoms with Crippen LogP contribution in [0.4, 0.5) is 0 Å². The van der Waals surface area contributed by atoms with Crippen LogP contribution in [-0.2, 0) is 9.59 Å². The quantitative estimate of drug-likeness (QED) is 0.744. The molecule has 2 fully saturated rings. The summed E-state index contributed by atoms with van der Waals surface area (Å²) in [6.45, 7) is 2.99. The minimum atomic E-state index is -0.735. The average molecular weight is 211 g/mol. The maximum Gasteiger partial charge on any atom is 0.309 e. The molecule has 0 aromatic heterocycles. The summed E-state index contributed by atoms with van der Waals surface area (Å²) < 4.78 is 0. The van der Waals surface area contributed by atoms with Crippen LogP contribution >= 0.6 is 0 Å². The number of aliphatic carboxylic acids is 1. The highest BCUT2D eigenvalue weighted by Crippen LogP contribution is 2.35. The van der Waals surface area contributed by atoms with Crippen LogP contribution in [0.15, 0.2) is 0 Å². The Bertz CT molecular complexity index is 288. The molecule has 1 saturated carbocycles. The van der Waals surface area contributed by atoms with E-state index < -0.39 is 11.4 Å². The molecule has 15 heavy (non-hydrogen) atoms. The van der Waals surface area contributed by atoms with Gasteiger partial charge in [0.25, 0.3) is 0 Å². The van der Waals surface area contributed by atoms with Crippen molar-refractivity contribution in [1.29, 1.82) is 0 Å².